The third-order valence-corrected chi connectivity index (χ3v) is 19.1. The molecule has 0 heterocycles. The molecule has 0 saturated carbocycles. The Labute approximate surface area is 140 Å². The molecule has 0 amide bonds. The number of rotatable bonds is 10. The molecule has 0 aromatic rings. The van der Waals surface area contributed by atoms with E-state index in [-0.39, 0.29) is 34.1 Å². The SMILES string of the molecule is O=[CH][Mn]([CH]=O)([CH]=O)([CH]=O)([CH]=O)([CH]=O)([CH]=O)([CH]=O)([CH]=O)[CH]=O.[Mn].[Mn]. The van der Waals surface area contributed by atoms with Crippen molar-refractivity contribution in [3.63, 3.8) is 0 Å². The van der Waals surface area contributed by atoms with Gasteiger partial charge in [-0.3, -0.25) is 0 Å². The van der Waals surface area contributed by atoms with Crippen LogP contribution in [0, 0.1) is 0 Å². The first kappa shape index (κ1) is 26.2. The molecule has 0 N–H and O–H groups in total. The molecule has 13 heteroatoms. The van der Waals surface area contributed by atoms with Gasteiger partial charge in [0.1, 0.15) is 0 Å². The van der Waals surface area contributed by atoms with E-state index in [4.69, 9.17) is 0 Å². The second-order valence-corrected chi connectivity index (χ2v) is 27.0. The van der Waals surface area contributed by atoms with Crippen LogP contribution >= 0.6 is 0 Å². The van der Waals surface area contributed by atoms with Crippen molar-refractivity contribution in [2.24, 2.45) is 0 Å². The van der Waals surface area contributed by atoms with Crippen molar-refractivity contribution in [2.75, 3.05) is 0 Å². The van der Waals surface area contributed by atoms with Gasteiger partial charge in [-0.15, -0.1) is 0 Å². The van der Waals surface area contributed by atoms with Crippen LogP contribution in [-0.4, -0.2) is 51.8 Å². The van der Waals surface area contributed by atoms with Crippen molar-refractivity contribution >= 4 is 51.8 Å². The van der Waals surface area contributed by atoms with Crippen LogP contribution in [0.3, 0.4) is 0 Å². The summed E-state index contributed by atoms with van der Waals surface area (Å²) >= 11 is 0. The standard InChI is InChI=1S/10CHO.3Mn/c10*1-2;;;/h10*1H;;;. The van der Waals surface area contributed by atoms with Crippen LogP contribution in [0.1, 0.15) is 0 Å². The third kappa shape index (κ3) is 0.867. The average molecular weight is 455 g/mol. The van der Waals surface area contributed by atoms with Gasteiger partial charge in [0.2, 0.25) is 0 Å². The molecule has 131 valence electrons. The molecule has 2 radical (unpaired) electrons. The Balaban J connectivity index is -0.00000200. The van der Waals surface area contributed by atoms with Crippen LogP contribution in [0.5, 0.6) is 0 Å². The summed E-state index contributed by atoms with van der Waals surface area (Å²) in [4.78, 5) is 118. The minimum absolute atomic E-state index is 0. The summed E-state index contributed by atoms with van der Waals surface area (Å²) in [5, 5.41) is -16.3. The van der Waals surface area contributed by atoms with Gasteiger partial charge in [0.25, 0.3) is 0 Å². The maximum absolute atomic E-state index is 11.8. The molecule has 0 aromatic carbocycles. The predicted molar refractivity (Wildman–Crippen MR) is 67.5 cm³/mol. The molecule has 0 saturated heterocycles. The van der Waals surface area contributed by atoms with Gasteiger partial charge >= 0.3 is 106 Å². The Bertz CT molecular complexity index is 600. The number of carbonyl (C=O) groups is 10. The maximum atomic E-state index is 11.8. The Kier molecular flexibility index (Phi) is 3.01. The average Bonchev–Trinajstić information content (AvgIpc) is 2.65. The van der Waals surface area contributed by atoms with Crippen molar-refractivity contribution in [2.45, 2.75) is 0 Å². The third-order valence-electron chi connectivity index (χ3n) is 4.63. The summed E-state index contributed by atoms with van der Waals surface area (Å²) in [5.41, 5.74) is 0. The smallest absolute Gasteiger partial charge is 0 e. The summed E-state index contributed by atoms with van der Waals surface area (Å²) in [7, 11) is 0. The topological polar surface area (TPSA) is 171 Å². The van der Waals surface area contributed by atoms with Gasteiger partial charge in [-0.2, -0.15) is 0 Å². The molecular formula is C10H10Mn3O10. The molecule has 0 unspecified atom stereocenters. The summed E-state index contributed by atoms with van der Waals surface area (Å²) in [5.74, 6) is 0. The minimum atomic E-state index is -11.5. The van der Waals surface area contributed by atoms with E-state index in [0.29, 0.717) is 0 Å². The van der Waals surface area contributed by atoms with Crippen molar-refractivity contribution in [1.29, 1.82) is 0 Å². The molecule has 0 bridgehead atoms. The van der Waals surface area contributed by atoms with Crippen molar-refractivity contribution in [3.8, 4) is 0 Å². The summed E-state index contributed by atoms with van der Waals surface area (Å²) in [6, 6.07) is 0. The van der Waals surface area contributed by atoms with Crippen molar-refractivity contribution in [3.05, 3.63) is 0 Å². The zero-order valence-corrected chi connectivity index (χ0v) is 14.5. The molecule has 0 aromatic heterocycles. The summed E-state index contributed by atoms with van der Waals surface area (Å²) in [6.07, 6.45) is 0. The Morgan fingerprint density at radius 2 is 0.391 bits per heavy atom. The van der Waals surface area contributed by atoms with Gasteiger partial charge in [-0.25, -0.2) is 0 Å². The molecule has 0 atom stereocenters. The molecule has 0 spiro atoms. The minimum Gasteiger partial charge on any atom is 0 e. The van der Waals surface area contributed by atoms with Crippen molar-refractivity contribution in [1.82, 2.24) is 0 Å². The second kappa shape index (κ2) is 2.65. The van der Waals surface area contributed by atoms with Crippen LogP contribution in [0.2, 0.25) is 0 Å². The van der Waals surface area contributed by atoms with E-state index in [2.05, 4.69) is 0 Å². The maximum Gasteiger partial charge on any atom is 0 e. The summed E-state index contributed by atoms with van der Waals surface area (Å²) in [6.45, 7) is -11.5. The molecular weight excluding hydrogens is 445 g/mol. The molecule has 10 nitrogen and oxygen atoms in total. The molecule has 0 aliphatic rings. The molecule has 0 aliphatic heterocycles. The van der Waals surface area contributed by atoms with Gasteiger partial charge in [0, 0.05) is 34.1 Å². The van der Waals surface area contributed by atoms with E-state index >= 15 is 0 Å². The van der Waals surface area contributed by atoms with Gasteiger partial charge in [-0.1, -0.05) is 0 Å². The van der Waals surface area contributed by atoms with E-state index < -0.39 is 58.4 Å². The number of hydrogen-bond acceptors (Lipinski definition) is 10. The van der Waals surface area contributed by atoms with Gasteiger partial charge in [0.05, 0.1) is 0 Å². The fourth-order valence-corrected chi connectivity index (χ4v) is 3.90. The van der Waals surface area contributed by atoms with Crippen LogP contribution < -0.4 is 0 Å². The fraction of sp³-hybridized carbons (Fsp3) is 0. The van der Waals surface area contributed by atoms with Gasteiger partial charge in [-0.05, 0) is 0 Å². The summed E-state index contributed by atoms with van der Waals surface area (Å²) < 4.78 is 0. The number of carbonyl (C=O) groups excluding carboxylic acids is 10. The van der Waals surface area contributed by atoms with E-state index in [9.17, 15) is 47.9 Å². The molecule has 23 heavy (non-hydrogen) atoms. The quantitative estimate of drug-likeness (QED) is 0.249. The Morgan fingerprint density at radius 3 is 0.391 bits per heavy atom. The predicted octanol–water partition coefficient (Wildman–Crippen LogP) is -2.75. The molecule has 0 aliphatic carbocycles. The zero-order valence-electron chi connectivity index (χ0n) is 11.0. The first-order valence-corrected chi connectivity index (χ1v) is 11.4. The number of hydrogen-bond donors (Lipinski definition) is 0. The first-order chi connectivity index (χ1) is 9.31. The van der Waals surface area contributed by atoms with E-state index in [1.165, 1.54) is 0 Å². The Hall–Kier alpha value is -1.74. The molecule has 0 rings (SSSR count). The van der Waals surface area contributed by atoms with Gasteiger partial charge < -0.3 is 0 Å². The molecule has 0 fully saturated rings. The largest absolute Gasteiger partial charge is 0 e. The van der Waals surface area contributed by atoms with E-state index in [0.717, 1.165) is 0 Å². The normalized spacial score (nSPS) is 21.7. The first-order valence-electron chi connectivity index (χ1n) is 4.54. The van der Waals surface area contributed by atoms with Crippen molar-refractivity contribution < 1.29 is 88.6 Å². The van der Waals surface area contributed by atoms with Crippen LogP contribution in [0.4, 0.5) is 0 Å². The fourth-order valence-electron chi connectivity index (χ4n) is 0.945. The second-order valence-electron chi connectivity index (χ2n) is 6.56. The zero-order chi connectivity index (χ0) is 17.4. The van der Waals surface area contributed by atoms with Crippen LogP contribution in [0.15, 0.2) is 0 Å². The Morgan fingerprint density at radius 1 is 0.304 bits per heavy atom. The van der Waals surface area contributed by atoms with E-state index in [1.807, 2.05) is 0 Å². The van der Waals surface area contributed by atoms with Crippen LogP contribution in [0.25, 0.3) is 0 Å². The van der Waals surface area contributed by atoms with Crippen LogP contribution in [-0.2, 0) is 88.6 Å². The van der Waals surface area contributed by atoms with Gasteiger partial charge in [0.15, 0.2) is 0 Å². The van der Waals surface area contributed by atoms with E-state index in [1.54, 1.807) is 0 Å². The monoisotopic (exact) mass is 455 g/mol.